The molecular weight excluding hydrogens is 343 g/mol. The van der Waals surface area contributed by atoms with Crippen LogP contribution in [0.4, 0.5) is 18.9 Å². The summed E-state index contributed by atoms with van der Waals surface area (Å²) in [5.74, 6) is 0. The van der Waals surface area contributed by atoms with E-state index in [1.807, 2.05) is 22.6 Å². The zero-order chi connectivity index (χ0) is 11.5. The summed E-state index contributed by atoms with van der Waals surface area (Å²) in [4.78, 5) is 3.79. The summed E-state index contributed by atoms with van der Waals surface area (Å²) in [6.07, 6.45) is -3.57. The Morgan fingerprint density at radius 2 is 2.13 bits per heavy atom. The van der Waals surface area contributed by atoms with Crippen molar-refractivity contribution in [2.24, 2.45) is 0 Å². The number of hydrogen-bond acceptors (Lipinski definition) is 2. The van der Waals surface area contributed by atoms with Gasteiger partial charge in [-0.15, -0.1) is 0 Å². The van der Waals surface area contributed by atoms with E-state index in [4.69, 9.17) is 11.6 Å². The Bertz CT molecular complexity index is 343. The molecule has 1 aromatic rings. The van der Waals surface area contributed by atoms with Gasteiger partial charge in [-0.25, -0.2) is 4.98 Å². The predicted molar refractivity (Wildman–Crippen MR) is 61.1 cm³/mol. The largest absolute Gasteiger partial charge is 0.390 e. The van der Waals surface area contributed by atoms with Crippen LogP contribution in [-0.2, 0) is 0 Å². The van der Waals surface area contributed by atoms with Gasteiger partial charge in [-0.05, 0) is 28.7 Å². The highest BCUT2D eigenvalue weighted by molar-refractivity contribution is 14.1. The Kier molecular flexibility index (Phi) is 4.45. The maximum Gasteiger partial charge on any atom is 0.390 e. The van der Waals surface area contributed by atoms with Crippen LogP contribution in [0, 0.1) is 3.57 Å². The fraction of sp³-hybridized carbons (Fsp3) is 0.375. The van der Waals surface area contributed by atoms with Crippen LogP contribution in [0.2, 0.25) is 5.15 Å². The minimum Gasteiger partial charge on any atom is -0.384 e. The zero-order valence-corrected chi connectivity index (χ0v) is 10.3. The molecule has 0 aromatic carbocycles. The van der Waals surface area contributed by atoms with Crippen molar-refractivity contribution < 1.29 is 13.2 Å². The van der Waals surface area contributed by atoms with Crippen molar-refractivity contribution >= 4 is 39.9 Å². The van der Waals surface area contributed by atoms with Gasteiger partial charge in [0.1, 0.15) is 5.15 Å². The fourth-order valence-corrected chi connectivity index (χ4v) is 1.56. The maximum absolute atomic E-state index is 11.9. The van der Waals surface area contributed by atoms with E-state index in [1.54, 1.807) is 6.07 Å². The molecule has 1 N–H and O–H groups in total. The first-order chi connectivity index (χ1) is 6.90. The molecule has 0 saturated carbocycles. The maximum atomic E-state index is 11.9. The van der Waals surface area contributed by atoms with E-state index >= 15 is 0 Å². The average Bonchev–Trinajstić information content (AvgIpc) is 2.10. The Hall–Kier alpha value is -0.240. The Balaban J connectivity index is 2.55. The van der Waals surface area contributed by atoms with Gasteiger partial charge in [0.15, 0.2) is 0 Å². The summed E-state index contributed by atoms with van der Waals surface area (Å²) in [5, 5.41) is 2.94. The quantitative estimate of drug-likeness (QED) is 0.664. The van der Waals surface area contributed by atoms with Gasteiger partial charge in [0.05, 0.1) is 15.7 Å². The number of rotatable bonds is 3. The molecule has 0 spiro atoms. The van der Waals surface area contributed by atoms with Crippen LogP contribution < -0.4 is 5.32 Å². The van der Waals surface area contributed by atoms with E-state index < -0.39 is 12.6 Å². The van der Waals surface area contributed by atoms with Gasteiger partial charge in [0.2, 0.25) is 0 Å². The predicted octanol–water partition coefficient (Wildman–Crippen LogP) is 3.70. The lowest BCUT2D eigenvalue weighted by molar-refractivity contribution is -0.131. The molecule has 2 nitrogen and oxygen atoms in total. The minimum absolute atomic E-state index is 0.167. The van der Waals surface area contributed by atoms with Crippen molar-refractivity contribution in [1.82, 2.24) is 4.98 Å². The van der Waals surface area contributed by atoms with E-state index in [9.17, 15) is 13.2 Å². The van der Waals surface area contributed by atoms with Gasteiger partial charge in [0, 0.05) is 12.7 Å². The second-order valence-corrected chi connectivity index (χ2v) is 4.19. The molecule has 0 atom stereocenters. The Morgan fingerprint density at radius 3 is 2.73 bits per heavy atom. The number of anilines is 1. The van der Waals surface area contributed by atoms with Gasteiger partial charge in [0.25, 0.3) is 0 Å². The third-order valence-electron chi connectivity index (χ3n) is 1.57. The summed E-state index contributed by atoms with van der Waals surface area (Å²) in [6, 6.07) is 1.59. The molecule has 0 bridgehead atoms. The van der Waals surface area contributed by atoms with Crippen molar-refractivity contribution in [3.8, 4) is 0 Å². The van der Waals surface area contributed by atoms with Crippen molar-refractivity contribution in [3.63, 3.8) is 0 Å². The van der Waals surface area contributed by atoms with Gasteiger partial charge in [-0.3, -0.25) is 0 Å². The molecule has 0 aliphatic rings. The van der Waals surface area contributed by atoms with E-state index in [0.29, 0.717) is 9.26 Å². The van der Waals surface area contributed by atoms with Crippen molar-refractivity contribution in [1.29, 1.82) is 0 Å². The lowest BCUT2D eigenvalue weighted by Gasteiger charge is -2.10. The molecule has 84 valence electrons. The van der Waals surface area contributed by atoms with Crippen molar-refractivity contribution in [2.75, 3.05) is 11.9 Å². The van der Waals surface area contributed by atoms with Crippen LogP contribution in [0.15, 0.2) is 12.3 Å². The van der Waals surface area contributed by atoms with Crippen molar-refractivity contribution in [3.05, 3.63) is 21.0 Å². The number of hydrogen-bond donors (Lipinski definition) is 1. The second-order valence-electron chi connectivity index (χ2n) is 2.76. The lowest BCUT2D eigenvalue weighted by Crippen LogP contribution is -2.15. The number of aromatic nitrogens is 1. The van der Waals surface area contributed by atoms with Gasteiger partial charge >= 0.3 is 6.18 Å². The molecule has 1 heterocycles. The smallest absolute Gasteiger partial charge is 0.384 e. The summed E-state index contributed by atoms with van der Waals surface area (Å²) in [7, 11) is 0. The summed E-state index contributed by atoms with van der Waals surface area (Å²) in [5.41, 5.74) is 0.569. The Morgan fingerprint density at radius 1 is 1.47 bits per heavy atom. The number of nitrogens with zero attached hydrogens (tertiary/aromatic N) is 1. The summed E-state index contributed by atoms with van der Waals surface area (Å²) in [6.45, 7) is -0.167. The molecule has 7 heteroatoms. The van der Waals surface area contributed by atoms with Crippen LogP contribution in [0.25, 0.3) is 0 Å². The van der Waals surface area contributed by atoms with E-state index in [1.165, 1.54) is 6.20 Å². The van der Waals surface area contributed by atoms with E-state index in [0.717, 1.165) is 0 Å². The lowest BCUT2D eigenvalue weighted by atomic mass is 10.3. The highest BCUT2D eigenvalue weighted by Gasteiger charge is 2.26. The summed E-state index contributed by atoms with van der Waals surface area (Å²) < 4.78 is 36.2. The minimum atomic E-state index is -4.14. The molecule has 0 aliphatic carbocycles. The number of alkyl halides is 3. The molecule has 0 unspecified atom stereocenters. The molecule has 0 saturated heterocycles. The van der Waals surface area contributed by atoms with Crippen LogP contribution in [-0.4, -0.2) is 17.7 Å². The van der Waals surface area contributed by atoms with Crippen LogP contribution in [0.3, 0.4) is 0 Å². The highest BCUT2D eigenvalue weighted by atomic mass is 127. The molecule has 0 fully saturated rings. The van der Waals surface area contributed by atoms with Gasteiger partial charge in [-0.2, -0.15) is 13.2 Å². The molecule has 0 amide bonds. The van der Waals surface area contributed by atoms with E-state index in [2.05, 4.69) is 10.3 Å². The number of pyridine rings is 1. The monoisotopic (exact) mass is 350 g/mol. The van der Waals surface area contributed by atoms with Crippen LogP contribution >= 0.6 is 34.2 Å². The molecular formula is C8H7ClF3IN2. The van der Waals surface area contributed by atoms with Gasteiger partial charge in [-0.1, -0.05) is 11.6 Å². The fourth-order valence-electron chi connectivity index (χ4n) is 0.894. The van der Waals surface area contributed by atoms with Crippen LogP contribution in [0.5, 0.6) is 0 Å². The molecule has 0 aliphatic heterocycles. The molecule has 15 heavy (non-hydrogen) atoms. The Labute approximate surface area is 103 Å². The van der Waals surface area contributed by atoms with Crippen molar-refractivity contribution in [2.45, 2.75) is 12.6 Å². The topological polar surface area (TPSA) is 24.9 Å². The zero-order valence-electron chi connectivity index (χ0n) is 7.41. The average molecular weight is 351 g/mol. The normalized spacial score (nSPS) is 11.5. The molecule has 1 rings (SSSR count). The number of halogens is 5. The highest BCUT2D eigenvalue weighted by Crippen LogP contribution is 2.25. The number of nitrogens with one attached hydrogen (secondary N) is 1. The van der Waals surface area contributed by atoms with Gasteiger partial charge < -0.3 is 5.32 Å². The first-order valence-corrected chi connectivity index (χ1v) is 5.46. The molecule has 0 radical (unpaired) electrons. The SMILES string of the molecule is FC(F)(F)CCNc1ccnc(Cl)c1I. The first kappa shape index (κ1) is 12.8. The first-order valence-electron chi connectivity index (χ1n) is 4.01. The third kappa shape index (κ3) is 4.42. The standard InChI is InChI=1S/C8H7ClF3IN2/c9-7-6(13)5(1-3-15-7)14-4-2-8(10,11)12/h1,3H,2,4H2,(H,14,15). The third-order valence-corrected chi connectivity index (χ3v) is 3.27. The van der Waals surface area contributed by atoms with Crippen LogP contribution in [0.1, 0.15) is 6.42 Å². The molecule has 1 aromatic heterocycles. The second kappa shape index (κ2) is 5.20. The van der Waals surface area contributed by atoms with E-state index in [-0.39, 0.29) is 11.7 Å². The summed E-state index contributed by atoms with van der Waals surface area (Å²) >= 11 is 7.63.